The number of fused-ring (bicyclic) bond motifs is 1. The third kappa shape index (κ3) is 4.77. The molecule has 0 aliphatic carbocycles. The van der Waals surface area contributed by atoms with Crippen LogP contribution in [0, 0.1) is 5.82 Å². The number of aliphatic hydroxyl groups is 1. The van der Waals surface area contributed by atoms with Gasteiger partial charge in [0.05, 0.1) is 25.2 Å². The highest BCUT2D eigenvalue weighted by atomic mass is 32.2. The lowest BCUT2D eigenvalue weighted by Crippen LogP contribution is -2.27. The van der Waals surface area contributed by atoms with Gasteiger partial charge in [-0.05, 0) is 36.2 Å². The first-order valence-electron chi connectivity index (χ1n) is 10.1. The number of halogens is 1. The second-order valence-electron chi connectivity index (χ2n) is 7.47. The van der Waals surface area contributed by atoms with Crippen LogP contribution in [0.15, 0.2) is 48.5 Å². The lowest BCUT2D eigenvalue weighted by atomic mass is 10.1. The number of aliphatic hydroxyl groups excluding tert-OH is 1. The molecular formula is C22H24FN3O5S. The van der Waals surface area contributed by atoms with Gasteiger partial charge in [0.2, 0.25) is 5.88 Å². The Balaban J connectivity index is 1.68. The van der Waals surface area contributed by atoms with E-state index in [0.717, 1.165) is 11.3 Å². The molecule has 32 heavy (non-hydrogen) atoms. The molecule has 0 saturated heterocycles. The smallest absolute Gasteiger partial charge is 0.311 e. The van der Waals surface area contributed by atoms with Gasteiger partial charge in [-0.3, -0.25) is 4.90 Å². The van der Waals surface area contributed by atoms with Crippen LogP contribution in [0.25, 0.3) is 5.69 Å². The summed E-state index contributed by atoms with van der Waals surface area (Å²) in [6, 6.07) is 13.6. The van der Waals surface area contributed by atoms with Crippen LogP contribution in [-0.2, 0) is 29.6 Å². The lowest BCUT2D eigenvalue weighted by molar-refractivity contribution is 0.182. The summed E-state index contributed by atoms with van der Waals surface area (Å²) < 4.78 is 50.3. The maximum Gasteiger partial charge on any atom is 0.311 e. The fourth-order valence-corrected chi connectivity index (χ4v) is 4.62. The minimum atomic E-state index is -3.77. The SMILES string of the molecule is COc1ccc(CN(CCO)Cc2nn(-c3ccccc3F)c3c2CCS(=O)(=O)O3)cc1. The number of benzene rings is 2. The summed E-state index contributed by atoms with van der Waals surface area (Å²) >= 11 is 0. The van der Waals surface area contributed by atoms with E-state index in [2.05, 4.69) is 5.10 Å². The van der Waals surface area contributed by atoms with Crippen LogP contribution in [0.3, 0.4) is 0 Å². The summed E-state index contributed by atoms with van der Waals surface area (Å²) in [6.45, 7) is 1.19. The number of rotatable bonds is 8. The van der Waals surface area contributed by atoms with Gasteiger partial charge in [-0.25, -0.2) is 4.39 Å². The average molecular weight is 462 g/mol. The third-order valence-corrected chi connectivity index (χ3v) is 6.38. The molecule has 3 aromatic rings. The molecule has 0 atom stereocenters. The monoisotopic (exact) mass is 461 g/mol. The largest absolute Gasteiger partial charge is 0.497 e. The summed E-state index contributed by atoms with van der Waals surface area (Å²) in [5, 5.41) is 14.1. The molecule has 1 aromatic heterocycles. The Hall–Kier alpha value is -2.95. The maximum atomic E-state index is 14.5. The van der Waals surface area contributed by atoms with Crippen molar-refractivity contribution in [3.05, 3.63) is 71.2 Å². The minimum absolute atomic E-state index is 0.0183. The topological polar surface area (TPSA) is 93.9 Å². The molecule has 2 heterocycles. The number of methoxy groups -OCH3 is 1. The Morgan fingerprint density at radius 3 is 2.62 bits per heavy atom. The van der Waals surface area contributed by atoms with Gasteiger partial charge in [0.15, 0.2) is 0 Å². The number of ether oxygens (including phenoxy) is 1. The molecule has 4 rings (SSSR count). The Bertz CT molecular complexity index is 1190. The molecule has 2 aromatic carbocycles. The molecule has 1 aliphatic heterocycles. The highest BCUT2D eigenvalue weighted by molar-refractivity contribution is 7.87. The quantitative estimate of drug-likeness (QED) is 0.515. The van der Waals surface area contributed by atoms with E-state index in [1.54, 1.807) is 19.2 Å². The van der Waals surface area contributed by atoms with Crippen LogP contribution >= 0.6 is 0 Å². The van der Waals surface area contributed by atoms with E-state index in [1.807, 2.05) is 29.2 Å². The Morgan fingerprint density at radius 1 is 1.19 bits per heavy atom. The summed E-state index contributed by atoms with van der Waals surface area (Å²) in [7, 11) is -2.17. The summed E-state index contributed by atoms with van der Waals surface area (Å²) in [5.41, 5.74) is 2.33. The molecule has 1 aliphatic rings. The molecule has 0 saturated carbocycles. The van der Waals surface area contributed by atoms with Gasteiger partial charge < -0.3 is 14.0 Å². The zero-order valence-corrected chi connectivity index (χ0v) is 18.4. The van der Waals surface area contributed by atoms with Crippen molar-refractivity contribution in [3.63, 3.8) is 0 Å². The molecule has 0 bridgehead atoms. The normalized spacial score (nSPS) is 14.8. The van der Waals surface area contributed by atoms with Crippen LogP contribution in [0.2, 0.25) is 0 Å². The number of para-hydroxylation sites is 1. The van der Waals surface area contributed by atoms with Crippen molar-refractivity contribution < 1.29 is 26.8 Å². The van der Waals surface area contributed by atoms with Crippen LogP contribution in [0.1, 0.15) is 16.8 Å². The molecule has 0 spiro atoms. The van der Waals surface area contributed by atoms with Gasteiger partial charge in [-0.2, -0.15) is 18.2 Å². The van der Waals surface area contributed by atoms with E-state index in [0.29, 0.717) is 30.9 Å². The minimum Gasteiger partial charge on any atom is -0.497 e. The molecule has 0 amide bonds. The molecular weight excluding hydrogens is 437 g/mol. The van der Waals surface area contributed by atoms with E-state index >= 15 is 0 Å². The van der Waals surface area contributed by atoms with Crippen LogP contribution < -0.4 is 8.92 Å². The van der Waals surface area contributed by atoms with E-state index in [-0.39, 0.29) is 30.3 Å². The van der Waals surface area contributed by atoms with Crippen molar-refractivity contribution in [1.29, 1.82) is 0 Å². The first-order chi connectivity index (χ1) is 15.4. The van der Waals surface area contributed by atoms with Crippen molar-refractivity contribution in [3.8, 4) is 17.3 Å². The Labute approximate surface area is 185 Å². The molecule has 8 nitrogen and oxygen atoms in total. The van der Waals surface area contributed by atoms with Gasteiger partial charge >= 0.3 is 10.1 Å². The van der Waals surface area contributed by atoms with Crippen LogP contribution in [-0.4, -0.2) is 54.2 Å². The fraction of sp³-hybridized carbons (Fsp3) is 0.318. The molecule has 0 radical (unpaired) electrons. The highest BCUT2D eigenvalue weighted by Crippen LogP contribution is 2.33. The van der Waals surface area contributed by atoms with Gasteiger partial charge in [0, 0.05) is 25.2 Å². The highest BCUT2D eigenvalue weighted by Gasteiger charge is 2.32. The van der Waals surface area contributed by atoms with E-state index in [4.69, 9.17) is 8.92 Å². The van der Waals surface area contributed by atoms with Gasteiger partial charge in [-0.1, -0.05) is 24.3 Å². The summed E-state index contributed by atoms with van der Waals surface area (Å²) in [5.74, 6) is 0.0543. The predicted molar refractivity (Wildman–Crippen MR) is 116 cm³/mol. The first-order valence-corrected chi connectivity index (χ1v) is 11.7. The van der Waals surface area contributed by atoms with Crippen molar-refractivity contribution in [1.82, 2.24) is 14.7 Å². The van der Waals surface area contributed by atoms with E-state index in [9.17, 15) is 17.9 Å². The molecule has 1 N–H and O–H groups in total. The Morgan fingerprint density at radius 2 is 1.94 bits per heavy atom. The molecule has 170 valence electrons. The zero-order valence-electron chi connectivity index (χ0n) is 17.6. The van der Waals surface area contributed by atoms with E-state index in [1.165, 1.54) is 16.8 Å². The van der Waals surface area contributed by atoms with Crippen LogP contribution in [0.4, 0.5) is 4.39 Å². The number of hydrogen-bond donors (Lipinski definition) is 1. The van der Waals surface area contributed by atoms with Gasteiger partial charge in [-0.15, -0.1) is 0 Å². The molecule has 10 heteroatoms. The van der Waals surface area contributed by atoms with Crippen LogP contribution in [0.5, 0.6) is 11.6 Å². The van der Waals surface area contributed by atoms with Crippen molar-refractivity contribution >= 4 is 10.1 Å². The zero-order chi connectivity index (χ0) is 22.7. The predicted octanol–water partition coefficient (Wildman–Crippen LogP) is 2.28. The standard InChI is InChI=1S/C22H24FN3O5S/c1-30-17-8-6-16(7-9-17)14-25(11-12-27)15-20-18-10-13-32(28,29)31-22(18)26(24-20)21-5-3-2-4-19(21)23/h2-9,27H,10-15H2,1H3. The number of hydrogen-bond acceptors (Lipinski definition) is 7. The van der Waals surface area contributed by atoms with Crippen molar-refractivity contribution in [2.75, 3.05) is 26.0 Å². The average Bonchev–Trinajstić information content (AvgIpc) is 3.10. The number of aromatic nitrogens is 2. The first kappa shape index (κ1) is 22.3. The second kappa shape index (κ2) is 9.27. The second-order valence-corrected chi connectivity index (χ2v) is 9.16. The van der Waals surface area contributed by atoms with Gasteiger partial charge in [0.1, 0.15) is 17.3 Å². The van der Waals surface area contributed by atoms with Crippen molar-refractivity contribution in [2.45, 2.75) is 19.5 Å². The number of nitrogens with zero attached hydrogens (tertiary/aromatic N) is 3. The van der Waals surface area contributed by atoms with Gasteiger partial charge in [0.25, 0.3) is 0 Å². The Kier molecular flexibility index (Phi) is 6.45. The van der Waals surface area contributed by atoms with E-state index < -0.39 is 15.9 Å². The summed E-state index contributed by atoms with van der Waals surface area (Å²) in [6.07, 6.45) is 0.219. The third-order valence-electron chi connectivity index (χ3n) is 5.26. The maximum absolute atomic E-state index is 14.5. The fourth-order valence-electron chi connectivity index (χ4n) is 3.67. The lowest BCUT2D eigenvalue weighted by Gasteiger charge is -2.21. The molecule has 0 unspecified atom stereocenters. The summed E-state index contributed by atoms with van der Waals surface area (Å²) in [4.78, 5) is 1.99. The van der Waals surface area contributed by atoms with Crippen molar-refractivity contribution in [2.24, 2.45) is 0 Å². The molecule has 0 fully saturated rings.